The van der Waals surface area contributed by atoms with Crippen molar-refractivity contribution >= 4 is 34.1 Å². The van der Waals surface area contributed by atoms with E-state index in [0.717, 1.165) is 6.29 Å². The third kappa shape index (κ3) is 10.2. The molecule has 0 radical (unpaired) electrons. The summed E-state index contributed by atoms with van der Waals surface area (Å²) in [5.41, 5.74) is 0. The molecule has 18 heavy (non-hydrogen) atoms. The van der Waals surface area contributed by atoms with E-state index in [4.69, 9.17) is 9.57 Å². The Balaban J connectivity index is 3.54. The second-order valence-corrected chi connectivity index (χ2v) is 3.88. The summed E-state index contributed by atoms with van der Waals surface area (Å²) in [6.07, 6.45) is 1.14. The minimum absolute atomic E-state index is 0.0808. The van der Waals surface area contributed by atoms with Crippen molar-refractivity contribution in [2.75, 3.05) is 32.3 Å². The number of aldehydes is 1. The lowest BCUT2D eigenvalue weighted by molar-refractivity contribution is -0.204. The first kappa shape index (κ1) is 17.0. The zero-order chi connectivity index (χ0) is 13.8. The molecule has 8 heteroatoms. The number of hydrogen-bond acceptors (Lipinski definition) is 6. The van der Waals surface area contributed by atoms with Gasteiger partial charge < -0.3 is 19.7 Å². The van der Waals surface area contributed by atoms with E-state index in [1.165, 1.54) is 12.1 Å². The van der Waals surface area contributed by atoms with Crippen LogP contribution in [0.25, 0.3) is 0 Å². The fraction of sp³-hybridized carbons (Fsp3) is 0.700. The summed E-state index contributed by atoms with van der Waals surface area (Å²) in [6.45, 7) is 0.600. The molecule has 0 aromatic heterocycles. The molecule has 104 valence electrons. The van der Waals surface area contributed by atoms with Gasteiger partial charge in [-0.3, -0.25) is 9.59 Å². The van der Waals surface area contributed by atoms with Crippen molar-refractivity contribution in [3.05, 3.63) is 0 Å². The Labute approximate surface area is 114 Å². The molecule has 0 heterocycles. The zero-order valence-corrected chi connectivity index (χ0v) is 11.8. The molecule has 0 aliphatic carbocycles. The fourth-order valence-electron chi connectivity index (χ4n) is 0.922. The molecule has 0 aliphatic heterocycles. The Morgan fingerprint density at radius 1 is 1.44 bits per heavy atom. The van der Waals surface area contributed by atoms with E-state index < -0.39 is 5.97 Å². The smallest absolute Gasteiger partial charge is 0.326 e. The second kappa shape index (κ2) is 11.1. The minimum Gasteiger partial charge on any atom is -0.366 e. The number of amides is 1. The first-order valence-electron chi connectivity index (χ1n) is 5.36. The summed E-state index contributed by atoms with van der Waals surface area (Å²) < 4.78 is 5.04. The molecule has 0 spiro atoms. The quantitative estimate of drug-likeness (QED) is 0.198. The average molecular weight is 325 g/mol. The average Bonchev–Trinajstić information content (AvgIpc) is 2.34. The van der Waals surface area contributed by atoms with Crippen molar-refractivity contribution in [1.82, 2.24) is 10.4 Å². The number of ether oxygens (including phenoxy) is 1. The van der Waals surface area contributed by atoms with Crippen molar-refractivity contribution in [3.8, 4) is 0 Å². The van der Waals surface area contributed by atoms with Crippen LogP contribution in [0.15, 0.2) is 0 Å². The normalized spacial score (nSPS) is 10.2. The molecule has 0 rings (SSSR count). The molecule has 0 bridgehead atoms. The van der Waals surface area contributed by atoms with E-state index in [9.17, 15) is 14.4 Å². The van der Waals surface area contributed by atoms with Gasteiger partial charge in [0.15, 0.2) is 0 Å². The van der Waals surface area contributed by atoms with Crippen LogP contribution in [0.4, 0.5) is 0 Å². The molecular formula is C10H17BrN2O5. The number of rotatable bonds is 10. The summed E-state index contributed by atoms with van der Waals surface area (Å²) in [7, 11) is 1.54. The van der Waals surface area contributed by atoms with Crippen molar-refractivity contribution in [2.45, 2.75) is 12.8 Å². The summed E-state index contributed by atoms with van der Waals surface area (Å²) in [5, 5.41) is 3.94. The number of hydroxylamine groups is 2. The van der Waals surface area contributed by atoms with Crippen molar-refractivity contribution < 1.29 is 24.0 Å². The number of carbonyl (C=O) groups is 3. The Morgan fingerprint density at radius 2 is 2.17 bits per heavy atom. The SMILES string of the molecule is CN(COCCC=O)OC(=O)CCNC(=O)CBr. The van der Waals surface area contributed by atoms with Crippen LogP contribution in [0.5, 0.6) is 0 Å². The highest BCUT2D eigenvalue weighted by atomic mass is 79.9. The minimum atomic E-state index is -0.466. The molecule has 0 saturated heterocycles. The predicted molar refractivity (Wildman–Crippen MR) is 66.8 cm³/mol. The Morgan fingerprint density at radius 3 is 2.78 bits per heavy atom. The van der Waals surface area contributed by atoms with Crippen molar-refractivity contribution in [2.24, 2.45) is 0 Å². The van der Waals surface area contributed by atoms with Crippen molar-refractivity contribution in [1.29, 1.82) is 0 Å². The second-order valence-electron chi connectivity index (χ2n) is 3.32. The van der Waals surface area contributed by atoms with Gasteiger partial charge in [0.2, 0.25) is 5.91 Å². The number of nitrogens with zero attached hydrogens (tertiary/aromatic N) is 1. The Hall–Kier alpha value is -0.990. The van der Waals surface area contributed by atoms with Gasteiger partial charge in [0.1, 0.15) is 13.0 Å². The topological polar surface area (TPSA) is 84.9 Å². The highest BCUT2D eigenvalue weighted by Crippen LogP contribution is 1.92. The van der Waals surface area contributed by atoms with Crippen LogP contribution in [0.1, 0.15) is 12.8 Å². The number of carbonyl (C=O) groups excluding carboxylic acids is 3. The van der Waals surface area contributed by atoms with Gasteiger partial charge in [-0.1, -0.05) is 15.9 Å². The zero-order valence-electron chi connectivity index (χ0n) is 10.2. The van der Waals surface area contributed by atoms with Gasteiger partial charge in [0.25, 0.3) is 0 Å². The van der Waals surface area contributed by atoms with E-state index in [1.807, 2.05) is 0 Å². The first-order valence-corrected chi connectivity index (χ1v) is 6.48. The van der Waals surface area contributed by atoms with Gasteiger partial charge in [-0.25, -0.2) is 0 Å². The van der Waals surface area contributed by atoms with E-state index in [0.29, 0.717) is 6.42 Å². The molecule has 0 saturated carbocycles. The lowest BCUT2D eigenvalue weighted by Crippen LogP contribution is -2.30. The van der Waals surface area contributed by atoms with Crippen LogP contribution in [-0.4, -0.2) is 55.5 Å². The fourth-order valence-corrected chi connectivity index (χ4v) is 1.12. The molecule has 1 N–H and O–H groups in total. The van der Waals surface area contributed by atoms with Crippen LogP contribution >= 0.6 is 15.9 Å². The van der Waals surface area contributed by atoms with Crippen LogP contribution in [0, 0.1) is 0 Å². The molecule has 0 fully saturated rings. The Bertz CT molecular complexity index is 275. The molecule has 0 aromatic rings. The van der Waals surface area contributed by atoms with Crippen LogP contribution < -0.4 is 5.32 Å². The summed E-state index contributed by atoms with van der Waals surface area (Å²) >= 11 is 2.99. The maximum Gasteiger partial charge on any atom is 0.326 e. The van der Waals surface area contributed by atoms with Gasteiger partial charge in [0, 0.05) is 20.0 Å². The summed E-state index contributed by atoms with van der Waals surface area (Å²) in [6, 6.07) is 0. The summed E-state index contributed by atoms with van der Waals surface area (Å²) in [4.78, 5) is 37.0. The highest BCUT2D eigenvalue weighted by Gasteiger charge is 2.08. The van der Waals surface area contributed by atoms with Gasteiger partial charge in [-0.05, 0) is 0 Å². The van der Waals surface area contributed by atoms with Gasteiger partial charge in [-0.2, -0.15) is 0 Å². The lowest BCUT2D eigenvalue weighted by atomic mass is 10.4. The van der Waals surface area contributed by atoms with E-state index in [-0.39, 0.29) is 37.5 Å². The van der Waals surface area contributed by atoms with Gasteiger partial charge in [-0.15, -0.1) is 5.06 Å². The summed E-state index contributed by atoms with van der Waals surface area (Å²) in [5.74, 6) is -0.653. The molecule has 0 aromatic carbocycles. The Kier molecular flexibility index (Phi) is 10.5. The monoisotopic (exact) mass is 324 g/mol. The largest absolute Gasteiger partial charge is 0.366 e. The molecule has 0 aliphatic rings. The maximum absolute atomic E-state index is 11.3. The standard InChI is InChI=1S/C10H17BrN2O5/c1-13(8-17-6-2-5-14)18-10(16)3-4-12-9(15)7-11/h5H,2-4,6-8H2,1H3,(H,12,15). The predicted octanol–water partition coefficient (Wildman–Crippen LogP) is -0.159. The van der Waals surface area contributed by atoms with Crippen LogP contribution in [-0.2, 0) is 24.0 Å². The van der Waals surface area contributed by atoms with E-state index in [2.05, 4.69) is 21.2 Å². The van der Waals surface area contributed by atoms with Gasteiger partial charge >= 0.3 is 5.97 Å². The molecule has 0 unspecified atom stereocenters. The van der Waals surface area contributed by atoms with E-state index in [1.54, 1.807) is 0 Å². The lowest BCUT2D eigenvalue weighted by Gasteiger charge is -2.15. The maximum atomic E-state index is 11.3. The number of halogens is 1. The number of nitrogens with one attached hydrogen (secondary N) is 1. The molecular weight excluding hydrogens is 308 g/mol. The van der Waals surface area contributed by atoms with Crippen molar-refractivity contribution in [3.63, 3.8) is 0 Å². The third-order valence-electron chi connectivity index (χ3n) is 1.68. The third-order valence-corrected chi connectivity index (χ3v) is 2.19. The number of alkyl halides is 1. The van der Waals surface area contributed by atoms with E-state index >= 15 is 0 Å². The molecule has 7 nitrogen and oxygen atoms in total. The molecule has 1 amide bonds. The molecule has 0 atom stereocenters. The first-order chi connectivity index (χ1) is 8.60. The van der Waals surface area contributed by atoms with Crippen LogP contribution in [0.3, 0.4) is 0 Å². The number of hydrogen-bond donors (Lipinski definition) is 1. The van der Waals surface area contributed by atoms with Crippen LogP contribution in [0.2, 0.25) is 0 Å². The highest BCUT2D eigenvalue weighted by molar-refractivity contribution is 9.09. The van der Waals surface area contributed by atoms with Gasteiger partial charge in [0.05, 0.1) is 18.4 Å².